The van der Waals surface area contributed by atoms with Gasteiger partial charge in [-0.15, -0.1) is 0 Å². The summed E-state index contributed by atoms with van der Waals surface area (Å²) >= 11 is 6.32. The predicted molar refractivity (Wildman–Crippen MR) is 104 cm³/mol. The van der Waals surface area contributed by atoms with Gasteiger partial charge in [-0.05, 0) is 62.9 Å². The Morgan fingerprint density at radius 1 is 1.12 bits per heavy atom. The first-order valence-corrected chi connectivity index (χ1v) is 9.70. The first-order valence-electron chi connectivity index (χ1n) is 9.32. The van der Waals surface area contributed by atoms with Crippen molar-refractivity contribution in [1.29, 1.82) is 0 Å². The topological polar surface area (TPSA) is 36.4 Å². The maximum absolute atomic E-state index is 13.6. The number of benzene rings is 1. The first-order chi connectivity index (χ1) is 12.6. The highest BCUT2D eigenvalue weighted by Crippen LogP contribution is 2.40. The third-order valence-electron chi connectivity index (χ3n) is 5.80. The Morgan fingerprint density at radius 3 is 2.58 bits per heavy atom. The zero-order valence-electron chi connectivity index (χ0n) is 15.1. The van der Waals surface area contributed by atoms with E-state index in [9.17, 15) is 4.79 Å². The van der Waals surface area contributed by atoms with Gasteiger partial charge in [-0.3, -0.25) is 14.7 Å². The first kappa shape index (κ1) is 17.5. The van der Waals surface area contributed by atoms with Gasteiger partial charge >= 0.3 is 0 Å². The van der Waals surface area contributed by atoms with Crippen LogP contribution in [0.1, 0.15) is 36.8 Å². The lowest BCUT2D eigenvalue weighted by Crippen LogP contribution is -2.59. The number of hydrogen-bond acceptors (Lipinski definition) is 3. The van der Waals surface area contributed by atoms with Crippen LogP contribution < -0.4 is 4.90 Å². The Morgan fingerprint density at radius 2 is 1.85 bits per heavy atom. The molecular weight excluding hydrogens is 346 g/mol. The van der Waals surface area contributed by atoms with Crippen LogP contribution in [-0.2, 0) is 11.3 Å². The van der Waals surface area contributed by atoms with Crippen LogP contribution in [0, 0.1) is 6.92 Å². The van der Waals surface area contributed by atoms with Crippen LogP contribution in [0.5, 0.6) is 0 Å². The average molecular weight is 370 g/mol. The van der Waals surface area contributed by atoms with Gasteiger partial charge in [-0.25, -0.2) is 0 Å². The molecule has 5 heteroatoms. The highest BCUT2D eigenvalue weighted by Gasteiger charge is 2.51. The van der Waals surface area contributed by atoms with Crippen LogP contribution in [0.25, 0.3) is 0 Å². The summed E-state index contributed by atoms with van der Waals surface area (Å²) in [5.74, 6) is 0.246. The van der Waals surface area contributed by atoms with Gasteiger partial charge in [0.05, 0.1) is 5.02 Å². The molecule has 1 atom stereocenters. The van der Waals surface area contributed by atoms with E-state index in [1.807, 2.05) is 11.0 Å². The molecule has 1 unspecified atom stereocenters. The molecule has 1 spiro atoms. The Hall–Kier alpha value is -1.91. The van der Waals surface area contributed by atoms with E-state index in [0.717, 1.165) is 50.0 Å². The third kappa shape index (κ3) is 3.01. The van der Waals surface area contributed by atoms with Crippen LogP contribution >= 0.6 is 11.6 Å². The number of amides is 1. The average Bonchev–Trinajstić information content (AvgIpc) is 3.04. The third-order valence-corrected chi connectivity index (χ3v) is 6.14. The van der Waals surface area contributed by atoms with Gasteiger partial charge in [0.2, 0.25) is 5.91 Å². The van der Waals surface area contributed by atoms with Crippen molar-refractivity contribution < 1.29 is 4.79 Å². The summed E-state index contributed by atoms with van der Waals surface area (Å²) in [5.41, 5.74) is 2.87. The summed E-state index contributed by atoms with van der Waals surface area (Å²) in [6.07, 6.45) is 7.39. The molecule has 2 aliphatic rings. The number of rotatable bonds is 3. The number of halogens is 1. The van der Waals surface area contributed by atoms with Gasteiger partial charge in [0.1, 0.15) is 5.54 Å². The van der Waals surface area contributed by atoms with Gasteiger partial charge in [0.25, 0.3) is 0 Å². The fourth-order valence-corrected chi connectivity index (χ4v) is 4.57. The van der Waals surface area contributed by atoms with Crippen molar-refractivity contribution in [2.24, 2.45) is 0 Å². The van der Waals surface area contributed by atoms with E-state index in [4.69, 9.17) is 11.6 Å². The molecule has 2 aromatic rings. The molecule has 3 heterocycles. The van der Waals surface area contributed by atoms with Crippen LogP contribution in [-0.4, -0.2) is 34.4 Å². The molecule has 2 aliphatic heterocycles. The highest BCUT2D eigenvalue weighted by molar-refractivity contribution is 6.31. The van der Waals surface area contributed by atoms with E-state index in [1.165, 1.54) is 5.56 Å². The van der Waals surface area contributed by atoms with Crippen LogP contribution in [0.4, 0.5) is 5.69 Å². The minimum absolute atomic E-state index is 0.246. The summed E-state index contributed by atoms with van der Waals surface area (Å²) in [6, 6.07) is 10.2. The summed E-state index contributed by atoms with van der Waals surface area (Å²) in [6.45, 7) is 4.51. The number of pyridine rings is 1. The van der Waals surface area contributed by atoms with Crippen LogP contribution in [0.3, 0.4) is 0 Å². The van der Waals surface area contributed by atoms with Crippen molar-refractivity contribution >= 4 is 23.2 Å². The van der Waals surface area contributed by atoms with Crippen molar-refractivity contribution in [3.63, 3.8) is 0 Å². The minimum Gasteiger partial charge on any atom is -0.311 e. The largest absolute Gasteiger partial charge is 0.311 e. The SMILES string of the molecule is Cc1ccc(N2CCCC3(CCCN3Cc3ccncc3Cl)C2=O)cc1. The molecule has 0 saturated carbocycles. The molecule has 136 valence electrons. The molecule has 0 N–H and O–H groups in total. The summed E-state index contributed by atoms with van der Waals surface area (Å²) in [7, 11) is 0. The highest BCUT2D eigenvalue weighted by atomic mass is 35.5. The zero-order valence-corrected chi connectivity index (χ0v) is 15.9. The zero-order chi connectivity index (χ0) is 18.1. The maximum atomic E-state index is 13.6. The lowest BCUT2D eigenvalue weighted by atomic mass is 9.84. The second-order valence-corrected chi connectivity index (χ2v) is 7.83. The molecule has 1 aromatic carbocycles. The van der Waals surface area contributed by atoms with Gasteiger partial charge < -0.3 is 4.90 Å². The van der Waals surface area contributed by atoms with Gasteiger partial charge in [-0.1, -0.05) is 29.3 Å². The Labute approximate surface area is 159 Å². The van der Waals surface area contributed by atoms with Crippen molar-refractivity contribution in [3.8, 4) is 0 Å². The van der Waals surface area contributed by atoms with E-state index >= 15 is 0 Å². The van der Waals surface area contributed by atoms with Crippen molar-refractivity contribution in [1.82, 2.24) is 9.88 Å². The molecule has 4 rings (SSSR count). The summed E-state index contributed by atoms with van der Waals surface area (Å²) in [5, 5.41) is 0.674. The van der Waals surface area contributed by atoms with E-state index in [1.54, 1.807) is 12.4 Å². The Bertz CT molecular complexity index is 807. The Balaban J connectivity index is 1.62. The lowest BCUT2D eigenvalue weighted by Gasteiger charge is -2.44. The van der Waals surface area contributed by atoms with Crippen LogP contribution in [0.2, 0.25) is 5.02 Å². The molecule has 2 saturated heterocycles. The molecular formula is C21H24ClN3O. The fourth-order valence-electron chi connectivity index (χ4n) is 4.39. The standard InChI is InChI=1S/C21H24ClN3O/c1-16-4-6-18(7-5-16)25-13-3-10-21(20(25)26)9-2-12-24(21)15-17-8-11-23-14-19(17)22/h4-8,11,14H,2-3,9-10,12-13,15H2,1H3. The molecule has 0 bridgehead atoms. The number of aromatic nitrogens is 1. The van der Waals surface area contributed by atoms with E-state index < -0.39 is 5.54 Å². The molecule has 0 aliphatic carbocycles. The number of aryl methyl sites for hydroxylation is 1. The summed E-state index contributed by atoms with van der Waals surface area (Å²) in [4.78, 5) is 22.0. The lowest BCUT2D eigenvalue weighted by molar-refractivity contribution is -0.131. The molecule has 1 aromatic heterocycles. The van der Waals surface area contributed by atoms with E-state index in [-0.39, 0.29) is 5.91 Å². The normalized spacial score (nSPS) is 23.8. The van der Waals surface area contributed by atoms with Crippen LogP contribution in [0.15, 0.2) is 42.7 Å². The van der Waals surface area contributed by atoms with Crippen molar-refractivity contribution in [2.75, 3.05) is 18.0 Å². The molecule has 2 fully saturated rings. The predicted octanol–water partition coefficient (Wildman–Crippen LogP) is 4.21. The number of carbonyl (C=O) groups excluding carboxylic acids is 1. The number of likely N-dealkylation sites (tertiary alicyclic amines) is 1. The molecule has 0 radical (unpaired) electrons. The Kier molecular flexibility index (Phi) is 4.72. The number of carbonyl (C=O) groups is 1. The van der Waals surface area contributed by atoms with E-state index in [2.05, 4.69) is 41.1 Å². The molecule has 26 heavy (non-hydrogen) atoms. The number of anilines is 1. The van der Waals surface area contributed by atoms with Gasteiger partial charge in [0.15, 0.2) is 0 Å². The molecule has 1 amide bonds. The van der Waals surface area contributed by atoms with Gasteiger partial charge in [0, 0.05) is 31.2 Å². The fraction of sp³-hybridized carbons (Fsp3) is 0.429. The second kappa shape index (κ2) is 7.01. The maximum Gasteiger partial charge on any atom is 0.247 e. The minimum atomic E-state index is -0.393. The van der Waals surface area contributed by atoms with E-state index in [0.29, 0.717) is 11.6 Å². The number of piperidine rings is 1. The quantitative estimate of drug-likeness (QED) is 0.813. The van der Waals surface area contributed by atoms with Crippen molar-refractivity contribution in [2.45, 2.75) is 44.7 Å². The number of nitrogens with zero attached hydrogens (tertiary/aromatic N) is 3. The van der Waals surface area contributed by atoms with Gasteiger partial charge in [-0.2, -0.15) is 0 Å². The molecule has 4 nitrogen and oxygen atoms in total. The summed E-state index contributed by atoms with van der Waals surface area (Å²) < 4.78 is 0. The monoisotopic (exact) mass is 369 g/mol. The smallest absolute Gasteiger partial charge is 0.247 e. The number of hydrogen-bond donors (Lipinski definition) is 0. The van der Waals surface area contributed by atoms with Crippen molar-refractivity contribution in [3.05, 3.63) is 58.9 Å². The second-order valence-electron chi connectivity index (χ2n) is 7.42.